The minimum Gasteiger partial charge on any atom is -0.468 e. The van der Waals surface area contributed by atoms with E-state index in [-0.39, 0.29) is 5.54 Å². The Morgan fingerprint density at radius 1 is 1.42 bits per heavy atom. The summed E-state index contributed by atoms with van der Waals surface area (Å²) < 4.78 is 11.1. The van der Waals surface area contributed by atoms with Crippen LogP contribution < -0.4 is 5.32 Å². The Bertz CT molecular complexity index is 395. The highest BCUT2D eigenvalue weighted by Crippen LogP contribution is 2.17. The molecule has 0 aromatic carbocycles. The molecule has 19 heavy (non-hydrogen) atoms. The third-order valence-electron chi connectivity index (χ3n) is 3.50. The zero-order valence-electron chi connectivity index (χ0n) is 12.5. The number of morpholine rings is 1. The van der Waals surface area contributed by atoms with Gasteiger partial charge in [0.25, 0.3) is 0 Å². The maximum atomic E-state index is 5.62. The average molecular weight is 266 g/mol. The summed E-state index contributed by atoms with van der Waals surface area (Å²) in [5, 5.41) is 3.48. The van der Waals surface area contributed by atoms with Gasteiger partial charge in [-0.05, 0) is 33.8 Å². The summed E-state index contributed by atoms with van der Waals surface area (Å²) in [6, 6.07) is 2.56. The van der Waals surface area contributed by atoms with Crippen molar-refractivity contribution in [2.75, 3.05) is 19.8 Å². The maximum absolute atomic E-state index is 5.62. The van der Waals surface area contributed by atoms with E-state index in [1.54, 1.807) is 6.26 Å². The normalized spacial score (nSPS) is 21.8. The molecule has 1 aromatic rings. The zero-order valence-corrected chi connectivity index (χ0v) is 12.5. The van der Waals surface area contributed by atoms with Crippen LogP contribution >= 0.6 is 0 Å². The first-order valence-electron chi connectivity index (χ1n) is 7.08. The van der Waals surface area contributed by atoms with Gasteiger partial charge in [-0.2, -0.15) is 0 Å². The highest BCUT2D eigenvalue weighted by atomic mass is 16.5. The first-order chi connectivity index (χ1) is 8.96. The van der Waals surface area contributed by atoms with Gasteiger partial charge in [0.1, 0.15) is 5.76 Å². The van der Waals surface area contributed by atoms with E-state index >= 15 is 0 Å². The summed E-state index contributed by atoms with van der Waals surface area (Å²) in [6.07, 6.45) is 1.79. The quantitative estimate of drug-likeness (QED) is 0.908. The van der Waals surface area contributed by atoms with E-state index in [0.29, 0.717) is 6.04 Å². The van der Waals surface area contributed by atoms with Crippen molar-refractivity contribution < 1.29 is 9.15 Å². The van der Waals surface area contributed by atoms with E-state index in [1.807, 2.05) is 0 Å². The molecule has 1 aromatic heterocycles. The Kier molecular flexibility index (Phi) is 4.66. The van der Waals surface area contributed by atoms with E-state index in [2.05, 4.69) is 44.0 Å². The van der Waals surface area contributed by atoms with Gasteiger partial charge in [-0.3, -0.25) is 4.90 Å². The van der Waals surface area contributed by atoms with E-state index in [9.17, 15) is 0 Å². The number of ether oxygens (including phenoxy) is 1. The lowest BCUT2D eigenvalue weighted by molar-refractivity contribution is -0.00460. The summed E-state index contributed by atoms with van der Waals surface area (Å²) in [7, 11) is 0. The van der Waals surface area contributed by atoms with Crippen molar-refractivity contribution in [1.29, 1.82) is 0 Å². The molecule has 1 aliphatic rings. The highest BCUT2D eigenvalue weighted by molar-refractivity contribution is 5.17. The molecule has 1 unspecified atom stereocenters. The molecule has 2 rings (SSSR count). The van der Waals surface area contributed by atoms with Gasteiger partial charge in [-0.15, -0.1) is 0 Å². The molecule has 1 aliphatic heterocycles. The molecule has 1 saturated heterocycles. The second-order valence-electron chi connectivity index (χ2n) is 6.37. The van der Waals surface area contributed by atoms with Crippen LogP contribution in [0.2, 0.25) is 0 Å². The Labute approximate surface area is 116 Å². The van der Waals surface area contributed by atoms with E-state index in [4.69, 9.17) is 9.15 Å². The molecule has 108 valence electrons. The molecule has 4 nitrogen and oxygen atoms in total. The van der Waals surface area contributed by atoms with Crippen LogP contribution in [0.5, 0.6) is 0 Å². The lowest BCUT2D eigenvalue weighted by atomic mass is 10.1. The Morgan fingerprint density at radius 2 is 2.21 bits per heavy atom. The van der Waals surface area contributed by atoms with Gasteiger partial charge in [0, 0.05) is 30.2 Å². The lowest BCUT2D eigenvalue weighted by Gasteiger charge is -2.33. The maximum Gasteiger partial charge on any atom is 0.122 e. The van der Waals surface area contributed by atoms with Crippen LogP contribution in [-0.4, -0.2) is 36.2 Å². The van der Waals surface area contributed by atoms with Gasteiger partial charge in [0.05, 0.1) is 26.0 Å². The molecule has 0 bridgehead atoms. The number of hydrogen-bond acceptors (Lipinski definition) is 4. The fraction of sp³-hybridized carbons (Fsp3) is 0.733. The third-order valence-corrected chi connectivity index (χ3v) is 3.50. The first kappa shape index (κ1) is 14.6. The number of hydrogen-bond donors (Lipinski definition) is 1. The summed E-state index contributed by atoms with van der Waals surface area (Å²) in [6.45, 7) is 13.1. The monoisotopic (exact) mass is 266 g/mol. The van der Waals surface area contributed by atoms with Gasteiger partial charge in [-0.25, -0.2) is 0 Å². The molecular formula is C15H26N2O2. The zero-order chi connectivity index (χ0) is 13.9. The van der Waals surface area contributed by atoms with Crippen molar-refractivity contribution in [2.24, 2.45) is 0 Å². The molecule has 1 atom stereocenters. The van der Waals surface area contributed by atoms with Crippen LogP contribution in [0, 0.1) is 0 Å². The molecule has 0 spiro atoms. The summed E-state index contributed by atoms with van der Waals surface area (Å²) >= 11 is 0. The van der Waals surface area contributed by atoms with Crippen molar-refractivity contribution in [1.82, 2.24) is 10.2 Å². The SMILES string of the molecule is CC1COCCN1Cc1ccoc1CNC(C)(C)C. The standard InChI is InChI=1S/C15H26N2O2/c1-12-11-18-8-6-17(12)10-13-5-7-19-14(13)9-16-15(2,3)4/h5,7,12,16H,6,8-11H2,1-4H3. The molecule has 2 heterocycles. The number of nitrogens with zero attached hydrogens (tertiary/aromatic N) is 1. The first-order valence-corrected chi connectivity index (χ1v) is 7.08. The van der Waals surface area contributed by atoms with Crippen LogP contribution in [0.3, 0.4) is 0 Å². The summed E-state index contributed by atoms with van der Waals surface area (Å²) in [4.78, 5) is 2.45. The van der Waals surface area contributed by atoms with Gasteiger partial charge in [0.2, 0.25) is 0 Å². The van der Waals surface area contributed by atoms with Gasteiger partial charge >= 0.3 is 0 Å². The van der Waals surface area contributed by atoms with Crippen LogP contribution in [0.25, 0.3) is 0 Å². The summed E-state index contributed by atoms with van der Waals surface area (Å²) in [5.41, 5.74) is 1.39. The smallest absolute Gasteiger partial charge is 0.122 e. The molecule has 0 aliphatic carbocycles. The molecular weight excluding hydrogens is 240 g/mol. The Balaban J connectivity index is 1.95. The van der Waals surface area contributed by atoms with Crippen molar-refractivity contribution in [3.63, 3.8) is 0 Å². The minimum absolute atomic E-state index is 0.107. The van der Waals surface area contributed by atoms with Crippen molar-refractivity contribution >= 4 is 0 Å². The Morgan fingerprint density at radius 3 is 2.89 bits per heavy atom. The molecule has 0 saturated carbocycles. The third kappa shape index (κ3) is 4.34. The van der Waals surface area contributed by atoms with Crippen molar-refractivity contribution in [3.8, 4) is 0 Å². The average Bonchev–Trinajstić information content (AvgIpc) is 2.76. The number of nitrogens with one attached hydrogen (secondary N) is 1. The fourth-order valence-electron chi connectivity index (χ4n) is 2.22. The minimum atomic E-state index is 0.107. The lowest BCUT2D eigenvalue weighted by Crippen LogP contribution is -2.43. The van der Waals surface area contributed by atoms with Gasteiger partial charge < -0.3 is 14.5 Å². The van der Waals surface area contributed by atoms with Crippen molar-refractivity contribution in [3.05, 3.63) is 23.7 Å². The predicted octanol–water partition coefficient (Wildman–Crippen LogP) is 2.39. The highest BCUT2D eigenvalue weighted by Gasteiger charge is 2.21. The van der Waals surface area contributed by atoms with Crippen molar-refractivity contribution in [2.45, 2.75) is 52.4 Å². The van der Waals surface area contributed by atoms with E-state index in [0.717, 1.165) is 38.6 Å². The van der Waals surface area contributed by atoms with Gasteiger partial charge in [0.15, 0.2) is 0 Å². The predicted molar refractivity (Wildman–Crippen MR) is 76.0 cm³/mol. The van der Waals surface area contributed by atoms with E-state index in [1.165, 1.54) is 5.56 Å². The molecule has 0 amide bonds. The van der Waals surface area contributed by atoms with E-state index < -0.39 is 0 Å². The largest absolute Gasteiger partial charge is 0.468 e. The second-order valence-corrected chi connectivity index (χ2v) is 6.37. The fourth-order valence-corrected chi connectivity index (χ4v) is 2.22. The molecule has 1 fully saturated rings. The Hall–Kier alpha value is -0.840. The van der Waals surface area contributed by atoms with Crippen LogP contribution in [0.1, 0.15) is 39.0 Å². The van der Waals surface area contributed by atoms with Crippen LogP contribution in [0.4, 0.5) is 0 Å². The van der Waals surface area contributed by atoms with Crippen LogP contribution in [-0.2, 0) is 17.8 Å². The second kappa shape index (κ2) is 6.07. The van der Waals surface area contributed by atoms with Gasteiger partial charge in [-0.1, -0.05) is 0 Å². The molecule has 4 heteroatoms. The topological polar surface area (TPSA) is 37.6 Å². The number of rotatable bonds is 4. The number of furan rings is 1. The van der Waals surface area contributed by atoms with Crippen LogP contribution in [0.15, 0.2) is 16.7 Å². The molecule has 0 radical (unpaired) electrons. The molecule has 1 N–H and O–H groups in total. The summed E-state index contributed by atoms with van der Waals surface area (Å²) in [5.74, 6) is 1.05.